The first-order chi connectivity index (χ1) is 14.7. The third-order valence-corrected chi connectivity index (χ3v) is 8.85. The molecule has 2 aliphatic heterocycles. The number of hydrogen-bond donors (Lipinski definition) is 3. The average molecular weight is 481 g/mol. The monoisotopic (exact) mass is 480 g/mol. The lowest BCUT2D eigenvalue weighted by molar-refractivity contribution is -0.119. The van der Waals surface area contributed by atoms with Crippen LogP contribution in [0.25, 0.3) is 0 Å². The molecule has 9 nitrogen and oxygen atoms in total. The van der Waals surface area contributed by atoms with Gasteiger partial charge in [0.2, 0.25) is 0 Å². The molecule has 3 heterocycles. The molecule has 31 heavy (non-hydrogen) atoms. The number of thioether (sulfide) groups is 1. The summed E-state index contributed by atoms with van der Waals surface area (Å²) >= 11 is 1.50. The molecule has 2 aromatic rings. The fraction of sp³-hybridized carbons (Fsp3) is 0.158. The Morgan fingerprint density at radius 3 is 2.68 bits per heavy atom. The summed E-state index contributed by atoms with van der Waals surface area (Å²) in [6.45, 7) is 3.58. The van der Waals surface area contributed by atoms with Gasteiger partial charge in [0.15, 0.2) is 0 Å². The maximum atomic E-state index is 13.4. The number of sulfonamides is 1. The molecule has 0 aliphatic carbocycles. The first-order valence-corrected chi connectivity index (χ1v) is 12.0. The van der Waals surface area contributed by atoms with E-state index >= 15 is 0 Å². The maximum absolute atomic E-state index is 13.4. The van der Waals surface area contributed by atoms with Crippen LogP contribution in [0, 0.1) is 0 Å². The van der Waals surface area contributed by atoms with Gasteiger partial charge < -0.3 is 19.9 Å². The van der Waals surface area contributed by atoms with Crippen LogP contribution in [0.1, 0.15) is 15.2 Å². The van der Waals surface area contributed by atoms with E-state index < -0.39 is 32.4 Å². The van der Waals surface area contributed by atoms with Gasteiger partial charge in [0.1, 0.15) is 16.9 Å². The van der Waals surface area contributed by atoms with Crippen molar-refractivity contribution in [1.82, 2.24) is 5.32 Å². The number of ether oxygens (including phenoxy) is 2. The Balaban J connectivity index is 1.62. The summed E-state index contributed by atoms with van der Waals surface area (Å²) in [5.41, 5.74) is 0.796. The number of aromatic carboxylic acids is 1. The lowest BCUT2D eigenvalue weighted by Crippen LogP contribution is -2.58. The average Bonchev–Trinajstić information content (AvgIpc) is 3.43. The third-order valence-electron chi connectivity index (χ3n) is 4.43. The predicted molar refractivity (Wildman–Crippen MR) is 116 cm³/mol. The number of carbonyl (C=O) groups excluding carboxylic acids is 1. The number of rotatable bonds is 7. The van der Waals surface area contributed by atoms with Crippen LogP contribution in [-0.2, 0) is 30.7 Å². The van der Waals surface area contributed by atoms with E-state index in [-0.39, 0.29) is 15.5 Å². The summed E-state index contributed by atoms with van der Waals surface area (Å²) in [5.74, 6) is -1.60. The summed E-state index contributed by atoms with van der Waals surface area (Å²) in [6.07, 6.45) is 0.230. The van der Waals surface area contributed by atoms with Gasteiger partial charge in [-0.1, -0.05) is 48.7 Å². The van der Waals surface area contributed by atoms with E-state index in [0.717, 1.165) is 16.9 Å². The summed E-state index contributed by atoms with van der Waals surface area (Å²) in [5, 5.41) is 13.1. The number of hydrogen-bond acceptors (Lipinski definition) is 8. The van der Waals surface area contributed by atoms with E-state index in [4.69, 9.17) is 9.47 Å². The van der Waals surface area contributed by atoms with Gasteiger partial charge in [0, 0.05) is 6.42 Å². The highest BCUT2D eigenvalue weighted by Crippen LogP contribution is 2.46. The fourth-order valence-electron chi connectivity index (χ4n) is 2.99. The molecular formula is C19H16N2O7S3. The number of thiophene rings is 1. The number of carbonyl (C=O) groups is 2. The van der Waals surface area contributed by atoms with Gasteiger partial charge >= 0.3 is 5.97 Å². The van der Waals surface area contributed by atoms with Crippen molar-refractivity contribution in [3.8, 4) is 0 Å². The number of carboxylic acid groups (broad SMARTS) is 1. The predicted octanol–water partition coefficient (Wildman–Crippen LogP) is 2.68. The summed E-state index contributed by atoms with van der Waals surface area (Å²) in [7, 11) is -4.47. The molecule has 1 aromatic carbocycles. The topological polar surface area (TPSA) is 131 Å². The van der Waals surface area contributed by atoms with Crippen LogP contribution in [0.15, 0.2) is 65.3 Å². The summed E-state index contributed by atoms with van der Waals surface area (Å²) < 4.78 is 38.2. The van der Waals surface area contributed by atoms with E-state index in [1.165, 1.54) is 17.7 Å². The van der Waals surface area contributed by atoms with Crippen molar-refractivity contribution in [2.24, 2.45) is 0 Å². The second-order valence-electron chi connectivity index (χ2n) is 6.55. The fourth-order valence-corrected chi connectivity index (χ4v) is 6.66. The van der Waals surface area contributed by atoms with Gasteiger partial charge in [-0.05, 0) is 17.0 Å². The summed E-state index contributed by atoms with van der Waals surface area (Å²) in [6, 6.07) is 10.7. The molecular weight excluding hydrogens is 464 g/mol. The van der Waals surface area contributed by atoms with Crippen LogP contribution in [-0.4, -0.2) is 35.9 Å². The number of carboxylic acids is 1. The molecule has 1 aromatic heterocycles. The van der Waals surface area contributed by atoms with Gasteiger partial charge in [-0.25, -0.2) is 13.2 Å². The van der Waals surface area contributed by atoms with Gasteiger partial charge in [-0.3, -0.25) is 9.52 Å². The smallest absolute Gasteiger partial charge is 0.348 e. The van der Waals surface area contributed by atoms with E-state index in [1.807, 2.05) is 30.3 Å². The van der Waals surface area contributed by atoms with Gasteiger partial charge in [0.05, 0.1) is 10.6 Å². The molecule has 2 aliphatic rings. The van der Waals surface area contributed by atoms with Crippen molar-refractivity contribution in [2.45, 2.75) is 16.9 Å². The van der Waals surface area contributed by atoms with Crippen molar-refractivity contribution >= 4 is 50.7 Å². The highest BCUT2D eigenvalue weighted by atomic mass is 32.3. The first kappa shape index (κ1) is 21.3. The molecule has 2 atom stereocenters. The second-order valence-corrected chi connectivity index (χ2v) is 10.9. The highest BCUT2D eigenvalue weighted by Gasteiger charge is 2.62. The van der Waals surface area contributed by atoms with Crippen molar-refractivity contribution in [1.29, 1.82) is 0 Å². The van der Waals surface area contributed by atoms with E-state index in [9.17, 15) is 23.1 Å². The molecule has 1 saturated heterocycles. The lowest BCUT2D eigenvalue weighted by Gasteiger charge is -2.31. The molecule has 0 spiro atoms. The van der Waals surface area contributed by atoms with Crippen LogP contribution in [0.2, 0.25) is 0 Å². The maximum Gasteiger partial charge on any atom is 0.348 e. The van der Waals surface area contributed by atoms with Crippen molar-refractivity contribution in [2.75, 3.05) is 4.72 Å². The van der Waals surface area contributed by atoms with E-state index in [0.29, 0.717) is 23.9 Å². The van der Waals surface area contributed by atoms with Crippen molar-refractivity contribution < 1.29 is 32.6 Å². The Morgan fingerprint density at radius 2 is 2.03 bits per heavy atom. The quantitative estimate of drug-likeness (QED) is 0.516. The Bertz CT molecular complexity index is 1170. The molecule has 0 bridgehead atoms. The van der Waals surface area contributed by atoms with Crippen LogP contribution in [0.5, 0.6) is 0 Å². The SMILES string of the molecule is C=C1SC(C2OC=C(Cc3ccccc3)O2)(S(=O)(=O)Nc2ccsc2C(=O)O)NC1=O. The standard InChI is InChI=1S/C19H16N2O7S3/c1-11-16(22)20-19(30-11,31(25,26)21-14-7-8-29-15(14)17(23)24)18-27-10-13(28-18)9-12-5-3-2-4-6-12/h2-8,10,18,21H,1,9H2,(H,20,22)(H,23,24). The lowest BCUT2D eigenvalue weighted by atomic mass is 10.1. The molecule has 4 rings (SSSR count). The van der Waals surface area contributed by atoms with Gasteiger partial charge in [-0.15, -0.1) is 11.3 Å². The molecule has 3 N–H and O–H groups in total. The minimum atomic E-state index is -4.47. The number of benzene rings is 1. The number of anilines is 1. The molecule has 1 amide bonds. The molecule has 12 heteroatoms. The van der Waals surface area contributed by atoms with E-state index in [2.05, 4.69) is 16.6 Å². The van der Waals surface area contributed by atoms with Gasteiger partial charge in [0.25, 0.3) is 26.4 Å². The third kappa shape index (κ3) is 3.89. The number of allylic oxidation sites excluding steroid dienone is 1. The zero-order chi connectivity index (χ0) is 22.2. The van der Waals surface area contributed by atoms with Crippen LogP contribution >= 0.6 is 23.1 Å². The second kappa shape index (κ2) is 7.94. The highest BCUT2D eigenvalue weighted by molar-refractivity contribution is 8.18. The molecule has 0 saturated carbocycles. The van der Waals surface area contributed by atoms with Crippen molar-refractivity contribution in [3.63, 3.8) is 0 Å². The molecule has 162 valence electrons. The first-order valence-electron chi connectivity index (χ1n) is 8.80. The molecule has 1 fully saturated rings. The minimum Gasteiger partial charge on any atom is -0.477 e. The largest absolute Gasteiger partial charge is 0.477 e. The molecule has 2 unspecified atom stereocenters. The zero-order valence-electron chi connectivity index (χ0n) is 15.7. The Labute approximate surface area is 185 Å². The zero-order valence-corrected chi connectivity index (χ0v) is 18.2. The molecule has 0 radical (unpaired) electrons. The summed E-state index contributed by atoms with van der Waals surface area (Å²) in [4.78, 5) is 23.3. The Kier molecular flexibility index (Phi) is 5.45. The van der Waals surface area contributed by atoms with E-state index in [1.54, 1.807) is 0 Å². The Hall–Kier alpha value is -2.96. The van der Waals surface area contributed by atoms with Crippen molar-refractivity contribution in [3.05, 3.63) is 75.7 Å². The van der Waals surface area contributed by atoms with Crippen LogP contribution in [0.3, 0.4) is 0 Å². The normalized spacial score (nSPS) is 23.0. The number of nitrogens with one attached hydrogen (secondary N) is 2. The van der Waals surface area contributed by atoms with Crippen LogP contribution in [0.4, 0.5) is 5.69 Å². The minimum absolute atomic E-state index is 0.0436. The number of amides is 1. The van der Waals surface area contributed by atoms with Crippen LogP contribution < -0.4 is 10.0 Å². The Morgan fingerprint density at radius 1 is 1.29 bits per heavy atom. The van der Waals surface area contributed by atoms with Gasteiger partial charge in [-0.2, -0.15) is 0 Å².